The molecule has 0 unspecified atom stereocenters. The molecule has 0 aliphatic rings. The van der Waals surface area contributed by atoms with Crippen LogP contribution in [0.2, 0.25) is 0 Å². The van der Waals surface area contributed by atoms with Gasteiger partial charge in [0.1, 0.15) is 0 Å². The second-order valence-electron chi connectivity index (χ2n) is 5.63. The Morgan fingerprint density at radius 3 is 1.96 bits per heavy atom. The van der Waals surface area contributed by atoms with E-state index < -0.39 is 32.6 Å². The van der Waals surface area contributed by atoms with Crippen molar-refractivity contribution >= 4 is 38.6 Å². The van der Waals surface area contributed by atoms with Crippen LogP contribution in [0.1, 0.15) is 31.4 Å². The quantitative estimate of drug-likeness (QED) is 0.417. The number of ether oxygens (including phenoxy) is 1. The van der Waals surface area contributed by atoms with Gasteiger partial charge >= 0.3 is 160 Å². The second-order valence-corrected chi connectivity index (χ2v) is 8.99. The Morgan fingerprint density at radius 1 is 0.815 bits per heavy atom. The van der Waals surface area contributed by atoms with Gasteiger partial charge < -0.3 is 0 Å². The van der Waals surface area contributed by atoms with Crippen molar-refractivity contribution in [2.45, 2.75) is 33.3 Å². The molecule has 0 amide bonds. The van der Waals surface area contributed by atoms with E-state index in [0.717, 1.165) is 11.1 Å². The molecule has 0 aliphatic heterocycles. The van der Waals surface area contributed by atoms with E-state index in [4.69, 9.17) is 10.9 Å². The molecule has 0 fully saturated rings. The molecular weight excluding hydrogens is 463 g/mol. The molecule has 0 radical (unpaired) electrons. The van der Waals surface area contributed by atoms with Gasteiger partial charge in [-0.25, -0.2) is 0 Å². The predicted octanol–water partition coefficient (Wildman–Crippen LogP) is 3.99. The summed E-state index contributed by atoms with van der Waals surface area (Å²) in [6.45, 7) is 2.82. The third-order valence-electron chi connectivity index (χ3n) is 3.31. The molecule has 0 heterocycles. The van der Waals surface area contributed by atoms with Crippen molar-refractivity contribution in [3.05, 3.63) is 69.3 Å². The van der Waals surface area contributed by atoms with Crippen LogP contribution in [-0.4, -0.2) is 17.9 Å². The van der Waals surface area contributed by atoms with Gasteiger partial charge in [0.15, 0.2) is 0 Å². The fourth-order valence-corrected chi connectivity index (χ4v) is 4.78. The van der Waals surface area contributed by atoms with Crippen molar-refractivity contribution in [1.82, 2.24) is 0 Å². The fraction of sp³-hybridized carbons (Fsp3) is 0.250. The number of halogens is 1. The zero-order valence-electron chi connectivity index (χ0n) is 15.1. The van der Waals surface area contributed by atoms with Crippen molar-refractivity contribution in [3.8, 4) is 0 Å². The van der Waals surface area contributed by atoms with Crippen LogP contribution in [0, 0.1) is 3.57 Å². The summed E-state index contributed by atoms with van der Waals surface area (Å²) >= 11 is -2.80. The van der Waals surface area contributed by atoms with Gasteiger partial charge in [-0.1, -0.05) is 6.07 Å². The number of esters is 1. The molecule has 7 heteroatoms. The average molecular weight is 484 g/mol. The zero-order valence-corrected chi connectivity index (χ0v) is 17.3. The SMILES string of the molecule is CC(=O)OI(OC(C)=O)c1ccc(CCC(=O)OCc2ccccc2)cc1. The van der Waals surface area contributed by atoms with E-state index in [1.165, 1.54) is 13.8 Å². The van der Waals surface area contributed by atoms with Crippen LogP contribution in [0.25, 0.3) is 0 Å². The van der Waals surface area contributed by atoms with Gasteiger partial charge in [0.05, 0.1) is 0 Å². The molecule has 0 saturated heterocycles. The first-order chi connectivity index (χ1) is 12.9. The number of hydrogen-bond acceptors (Lipinski definition) is 6. The molecule has 144 valence electrons. The molecule has 6 nitrogen and oxygen atoms in total. The number of carbonyl (C=O) groups is 3. The van der Waals surface area contributed by atoms with E-state index >= 15 is 0 Å². The summed E-state index contributed by atoms with van der Waals surface area (Å²) in [5.74, 6) is -1.23. The van der Waals surface area contributed by atoms with Gasteiger partial charge in [-0.3, -0.25) is 0 Å². The molecular formula is C20H21IO6. The first kappa shape index (κ1) is 20.9. The molecule has 0 saturated carbocycles. The Kier molecular flexibility index (Phi) is 8.25. The van der Waals surface area contributed by atoms with Gasteiger partial charge in [-0.05, 0) is 0 Å². The summed E-state index contributed by atoms with van der Waals surface area (Å²) in [4.78, 5) is 34.3. The van der Waals surface area contributed by atoms with Gasteiger partial charge in [0.25, 0.3) is 0 Å². The molecule has 2 aromatic carbocycles. The minimum atomic E-state index is -2.80. The predicted molar refractivity (Wildman–Crippen MR) is 107 cm³/mol. The van der Waals surface area contributed by atoms with E-state index in [9.17, 15) is 14.4 Å². The van der Waals surface area contributed by atoms with Gasteiger partial charge in [-0.2, -0.15) is 0 Å². The first-order valence-corrected chi connectivity index (χ1v) is 11.1. The summed E-state index contributed by atoms with van der Waals surface area (Å²) in [7, 11) is 0. The summed E-state index contributed by atoms with van der Waals surface area (Å²) in [5, 5.41) is 0. The van der Waals surface area contributed by atoms with E-state index in [0.29, 0.717) is 9.99 Å². The third-order valence-corrected chi connectivity index (χ3v) is 7.09. The molecule has 0 N–H and O–H groups in total. The normalized spacial score (nSPS) is 10.7. The van der Waals surface area contributed by atoms with Gasteiger partial charge in [0, 0.05) is 0 Å². The Bertz CT molecular complexity index is 757. The molecule has 2 aromatic rings. The van der Waals surface area contributed by atoms with Crippen molar-refractivity contribution in [2.24, 2.45) is 0 Å². The van der Waals surface area contributed by atoms with Crippen LogP contribution in [0.3, 0.4) is 0 Å². The van der Waals surface area contributed by atoms with Crippen molar-refractivity contribution in [3.63, 3.8) is 0 Å². The van der Waals surface area contributed by atoms with Crippen LogP contribution >= 0.6 is 20.6 Å². The Balaban J connectivity index is 1.85. The number of rotatable bonds is 8. The van der Waals surface area contributed by atoms with Crippen molar-refractivity contribution < 1.29 is 25.3 Å². The first-order valence-electron chi connectivity index (χ1n) is 8.30. The maximum absolute atomic E-state index is 11.9. The van der Waals surface area contributed by atoms with Gasteiger partial charge in [-0.15, -0.1) is 0 Å². The second kappa shape index (κ2) is 10.7. The number of benzene rings is 2. The molecule has 0 atom stereocenters. The maximum atomic E-state index is 11.9. The fourth-order valence-electron chi connectivity index (χ4n) is 2.11. The Morgan fingerprint density at radius 2 is 1.41 bits per heavy atom. The molecule has 2 rings (SSSR count). The standard InChI is InChI=1S/C20H21IO6/c1-15(22)26-21(27-16(2)23)19-11-8-17(9-12-19)10-13-20(24)25-14-18-6-4-3-5-7-18/h3-9,11-12H,10,13-14H2,1-2H3. The van der Waals surface area contributed by atoms with Gasteiger partial charge in [0.2, 0.25) is 0 Å². The van der Waals surface area contributed by atoms with Crippen molar-refractivity contribution in [2.75, 3.05) is 0 Å². The van der Waals surface area contributed by atoms with Crippen LogP contribution in [0.15, 0.2) is 54.6 Å². The summed E-state index contributed by atoms with van der Waals surface area (Å²) in [5.41, 5.74) is 1.89. The summed E-state index contributed by atoms with van der Waals surface area (Å²) < 4.78 is 16.3. The van der Waals surface area contributed by atoms with Crippen LogP contribution in [-0.2, 0) is 38.3 Å². The summed E-state index contributed by atoms with van der Waals surface area (Å²) in [6.07, 6.45) is 0.797. The van der Waals surface area contributed by atoms with E-state index in [1.54, 1.807) is 12.1 Å². The molecule has 0 bridgehead atoms. The Labute approximate surface area is 166 Å². The monoisotopic (exact) mass is 484 g/mol. The van der Waals surface area contributed by atoms with E-state index in [2.05, 4.69) is 0 Å². The topological polar surface area (TPSA) is 78.9 Å². The number of hydrogen-bond donors (Lipinski definition) is 0. The molecule has 27 heavy (non-hydrogen) atoms. The van der Waals surface area contributed by atoms with Crippen molar-refractivity contribution in [1.29, 1.82) is 0 Å². The molecule has 0 aromatic heterocycles. The number of aryl methyl sites for hydroxylation is 1. The van der Waals surface area contributed by atoms with E-state index in [-0.39, 0.29) is 19.0 Å². The van der Waals surface area contributed by atoms with Crippen LogP contribution < -0.4 is 0 Å². The molecule has 0 spiro atoms. The zero-order chi connectivity index (χ0) is 19.6. The molecule has 0 aliphatic carbocycles. The minimum absolute atomic E-state index is 0.261. The number of carbonyl (C=O) groups excluding carboxylic acids is 3. The Hall–Kier alpha value is -2.42. The van der Waals surface area contributed by atoms with E-state index in [1.807, 2.05) is 42.5 Å². The summed E-state index contributed by atoms with van der Waals surface area (Å²) in [6, 6.07) is 16.7. The average Bonchev–Trinajstić information content (AvgIpc) is 2.65. The third kappa shape index (κ3) is 7.78. The van der Waals surface area contributed by atoms with Crippen LogP contribution in [0.4, 0.5) is 0 Å². The van der Waals surface area contributed by atoms with Crippen LogP contribution in [0.5, 0.6) is 0 Å².